The minimum absolute atomic E-state index is 0.282. The van der Waals surface area contributed by atoms with E-state index in [-0.39, 0.29) is 11.1 Å². The first-order valence-corrected chi connectivity index (χ1v) is 2.95. The summed E-state index contributed by atoms with van der Waals surface area (Å²) < 4.78 is 1.14. The number of nitrogens with one attached hydrogen (secondary N) is 1. The third-order valence-electron chi connectivity index (χ3n) is 1.37. The van der Waals surface area contributed by atoms with Crippen LogP contribution in [0.1, 0.15) is 0 Å². The second-order valence-electron chi connectivity index (χ2n) is 2.06. The molecular formula is C5H5N5O. The predicted molar refractivity (Wildman–Crippen MR) is 38.3 cm³/mol. The summed E-state index contributed by atoms with van der Waals surface area (Å²) in [6.45, 7) is 0. The number of imidazole rings is 1. The van der Waals surface area contributed by atoms with Crippen molar-refractivity contribution in [3.05, 3.63) is 23.0 Å². The summed E-state index contributed by atoms with van der Waals surface area (Å²) in [5.41, 5.74) is 0.360. The Balaban J connectivity index is 3.08. The van der Waals surface area contributed by atoms with Crippen molar-refractivity contribution in [2.45, 2.75) is 0 Å². The zero-order valence-electron chi connectivity index (χ0n) is 5.48. The SMILES string of the molecule is Nn1cnc2nc[nH]c(=O)c21. The Bertz CT molecular complexity index is 441. The quantitative estimate of drug-likeness (QED) is 0.464. The zero-order chi connectivity index (χ0) is 7.84. The van der Waals surface area contributed by atoms with Crippen molar-refractivity contribution in [2.24, 2.45) is 0 Å². The van der Waals surface area contributed by atoms with Gasteiger partial charge in [0.25, 0.3) is 5.56 Å². The lowest BCUT2D eigenvalue weighted by molar-refractivity contribution is 1.02. The van der Waals surface area contributed by atoms with Crippen LogP contribution in [-0.4, -0.2) is 19.6 Å². The van der Waals surface area contributed by atoms with E-state index in [1.54, 1.807) is 0 Å². The van der Waals surface area contributed by atoms with Crippen LogP contribution in [0.25, 0.3) is 11.2 Å². The molecule has 2 aromatic heterocycles. The van der Waals surface area contributed by atoms with E-state index in [4.69, 9.17) is 5.84 Å². The van der Waals surface area contributed by atoms with Gasteiger partial charge in [0.2, 0.25) is 0 Å². The van der Waals surface area contributed by atoms with Gasteiger partial charge in [0, 0.05) is 0 Å². The highest BCUT2D eigenvalue weighted by atomic mass is 16.1. The molecule has 0 spiro atoms. The van der Waals surface area contributed by atoms with Crippen LogP contribution in [0.3, 0.4) is 0 Å². The van der Waals surface area contributed by atoms with E-state index in [1.165, 1.54) is 12.7 Å². The molecule has 11 heavy (non-hydrogen) atoms. The maximum Gasteiger partial charge on any atom is 0.278 e. The number of aromatic amines is 1. The highest BCUT2D eigenvalue weighted by Crippen LogP contribution is 1.97. The van der Waals surface area contributed by atoms with E-state index in [0.29, 0.717) is 5.65 Å². The van der Waals surface area contributed by atoms with Gasteiger partial charge in [-0.25, -0.2) is 14.6 Å². The molecule has 2 rings (SSSR count). The fraction of sp³-hybridized carbons (Fsp3) is 0. The van der Waals surface area contributed by atoms with Crippen molar-refractivity contribution in [1.29, 1.82) is 0 Å². The summed E-state index contributed by atoms with van der Waals surface area (Å²) in [5.74, 6) is 5.37. The molecule has 0 radical (unpaired) electrons. The maximum atomic E-state index is 11.0. The zero-order valence-corrected chi connectivity index (χ0v) is 5.48. The van der Waals surface area contributed by atoms with Crippen molar-refractivity contribution in [3.63, 3.8) is 0 Å². The lowest BCUT2D eigenvalue weighted by Gasteiger charge is -1.89. The number of hydrogen-bond donors (Lipinski definition) is 2. The number of aromatic nitrogens is 4. The molecule has 6 nitrogen and oxygen atoms in total. The van der Waals surface area contributed by atoms with Crippen LogP contribution in [0.5, 0.6) is 0 Å². The molecule has 0 unspecified atom stereocenters. The van der Waals surface area contributed by atoms with Crippen molar-refractivity contribution in [3.8, 4) is 0 Å². The van der Waals surface area contributed by atoms with Crippen LogP contribution >= 0.6 is 0 Å². The standard InChI is InChI=1S/C5H5N5O/c6-10-2-9-4-3(10)5(11)8-1-7-4/h1-2H,6H2,(H,7,8,11). The molecule has 0 fully saturated rings. The molecule has 3 N–H and O–H groups in total. The summed E-state index contributed by atoms with van der Waals surface area (Å²) >= 11 is 0. The Morgan fingerprint density at radius 2 is 2.36 bits per heavy atom. The van der Waals surface area contributed by atoms with Crippen LogP contribution in [0.15, 0.2) is 17.4 Å². The van der Waals surface area contributed by atoms with Crippen molar-refractivity contribution >= 4 is 11.2 Å². The highest BCUT2D eigenvalue weighted by Gasteiger charge is 2.03. The van der Waals surface area contributed by atoms with E-state index in [0.717, 1.165) is 4.68 Å². The Morgan fingerprint density at radius 1 is 1.55 bits per heavy atom. The van der Waals surface area contributed by atoms with Gasteiger partial charge in [-0.2, -0.15) is 0 Å². The molecule has 0 atom stereocenters. The molecule has 0 amide bonds. The van der Waals surface area contributed by atoms with Crippen molar-refractivity contribution in [1.82, 2.24) is 19.6 Å². The first-order chi connectivity index (χ1) is 5.29. The van der Waals surface area contributed by atoms with E-state index >= 15 is 0 Å². The number of nitrogens with zero attached hydrogens (tertiary/aromatic N) is 3. The van der Waals surface area contributed by atoms with Gasteiger partial charge in [-0.05, 0) is 0 Å². The van der Waals surface area contributed by atoms with Gasteiger partial charge >= 0.3 is 0 Å². The number of fused-ring (bicyclic) bond motifs is 1. The Hall–Kier alpha value is -1.85. The molecule has 0 bridgehead atoms. The summed E-state index contributed by atoms with van der Waals surface area (Å²) in [7, 11) is 0. The van der Waals surface area contributed by atoms with Crippen molar-refractivity contribution in [2.75, 3.05) is 5.84 Å². The number of hydrogen-bond acceptors (Lipinski definition) is 4. The fourth-order valence-electron chi connectivity index (χ4n) is 0.885. The van der Waals surface area contributed by atoms with Gasteiger partial charge in [-0.1, -0.05) is 0 Å². The molecule has 0 saturated heterocycles. The summed E-state index contributed by atoms with van der Waals surface area (Å²) in [5, 5.41) is 0. The van der Waals surface area contributed by atoms with E-state index < -0.39 is 0 Å². The molecule has 0 aliphatic carbocycles. The molecular weight excluding hydrogens is 146 g/mol. The first-order valence-electron chi connectivity index (χ1n) is 2.95. The Kier molecular flexibility index (Phi) is 0.974. The van der Waals surface area contributed by atoms with E-state index in [2.05, 4.69) is 15.0 Å². The lowest BCUT2D eigenvalue weighted by atomic mass is 10.5. The molecule has 6 heteroatoms. The Labute approximate surface area is 60.7 Å². The molecule has 56 valence electrons. The van der Waals surface area contributed by atoms with E-state index in [9.17, 15) is 4.79 Å². The molecule has 0 aliphatic rings. The third-order valence-corrected chi connectivity index (χ3v) is 1.37. The fourth-order valence-corrected chi connectivity index (χ4v) is 0.885. The Morgan fingerprint density at radius 3 is 3.09 bits per heavy atom. The van der Waals surface area contributed by atoms with Crippen LogP contribution in [0.2, 0.25) is 0 Å². The molecule has 0 aromatic carbocycles. The largest absolute Gasteiger partial charge is 0.337 e. The minimum Gasteiger partial charge on any atom is -0.337 e. The average Bonchev–Trinajstić information content (AvgIpc) is 2.34. The third kappa shape index (κ3) is 0.689. The van der Waals surface area contributed by atoms with Crippen LogP contribution in [0, 0.1) is 0 Å². The van der Waals surface area contributed by atoms with Gasteiger partial charge < -0.3 is 10.8 Å². The molecule has 2 aromatic rings. The minimum atomic E-state index is -0.282. The van der Waals surface area contributed by atoms with Gasteiger partial charge in [0.1, 0.15) is 6.33 Å². The van der Waals surface area contributed by atoms with Crippen LogP contribution in [0.4, 0.5) is 0 Å². The molecule has 0 saturated carbocycles. The topological polar surface area (TPSA) is 89.6 Å². The van der Waals surface area contributed by atoms with Gasteiger partial charge in [-0.3, -0.25) is 4.79 Å². The summed E-state index contributed by atoms with van der Waals surface area (Å²) in [4.78, 5) is 21.0. The second kappa shape index (κ2) is 1.82. The monoisotopic (exact) mass is 151 g/mol. The maximum absolute atomic E-state index is 11.0. The van der Waals surface area contributed by atoms with Gasteiger partial charge in [0.05, 0.1) is 6.33 Å². The van der Waals surface area contributed by atoms with Gasteiger partial charge in [-0.15, -0.1) is 0 Å². The predicted octanol–water partition coefficient (Wildman–Crippen LogP) is -1.17. The summed E-state index contributed by atoms with van der Waals surface area (Å²) in [6.07, 6.45) is 2.63. The normalized spacial score (nSPS) is 10.5. The number of rotatable bonds is 0. The van der Waals surface area contributed by atoms with E-state index in [1.807, 2.05) is 0 Å². The highest BCUT2D eigenvalue weighted by molar-refractivity contribution is 5.68. The lowest BCUT2D eigenvalue weighted by Crippen LogP contribution is -2.15. The van der Waals surface area contributed by atoms with Crippen molar-refractivity contribution < 1.29 is 0 Å². The average molecular weight is 151 g/mol. The first kappa shape index (κ1) is 5.90. The molecule has 0 aliphatic heterocycles. The smallest absolute Gasteiger partial charge is 0.278 e. The van der Waals surface area contributed by atoms with Crippen LogP contribution in [-0.2, 0) is 0 Å². The van der Waals surface area contributed by atoms with Gasteiger partial charge in [0.15, 0.2) is 11.2 Å². The molecule has 2 heterocycles. The number of nitrogens with two attached hydrogens (primary N) is 1. The number of H-pyrrole nitrogens is 1. The second-order valence-corrected chi connectivity index (χ2v) is 2.06. The number of nitrogen functional groups attached to an aromatic ring is 1. The van der Waals surface area contributed by atoms with Crippen LogP contribution < -0.4 is 11.4 Å². The summed E-state index contributed by atoms with van der Waals surface area (Å²) in [6, 6.07) is 0.